The molecule has 2 aromatic carbocycles. The summed E-state index contributed by atoms with van der Waals surface area (Å²) in [4.78, 5) is 24.0. The van der Waals surface area contributed by atoms with Crippen molar-refractivity contribution in [3.8, 4) is 22.7 Å². The number of alkyl halides is 2. The molecule has 0 aliphatic rings. The number of aromatic amines is 1. The number of fused-ring (bicyclic) bond motifs is 1. The molecule has 2 aromatic heterocycles. The van der Waals surface area contributed by atoms with E-state index in [4.69, 9.17) is 17.2 Å². The molecule has 10 nitrogen and oxygen atoms in total. The Balaban J connectivity index is 1.60. The molecule has 0 bridgehead atoms. The SMILES string of the molecule is C[C@H](N)CCCc1cc(OC(C)(F)F)c(F)c(-c2cc3cn(-c4ccc([C@H](C)NCCCN=C(N)N)cc4)c(=O)nc3[nH]2)c1. The van der Waals surface area contributed by atoms with Crippen LogP contribution in [0, 0.1) is 5.82 Å². The van der Waals surface area contributed by atoms with Crippen molar-refractivity contribution in [2.75, 3.05) is 13.1 Å². The number of aliphatic imine (C=N–C) groups is 1. The molecule has 0 spiro atoms. The Kier molecular flexibility index (Phi) is 10.3. The zero-order valence-corrected chi connectivity index (χ0v) is 25.0. The van der Waals surface area contributed by atoms with Gasteiger partial charge in [0.1, 0.15) is 5.65 Å². The molecule has 2 heterocycles. The van der Waals surface area contributed by atoms with Gasteiger partial charge in [0.2, 0.25) is 0 Å². The summed E-state index contributed by atoms with van der Waals surface area (Å²) in [7, 11) is 0. The molecular formula is C31H39F3N8O2. The fourth-order valence-electron chi connectivity index (χ4n) is 4.86. The summed E-state index contributed by atoms with van der Waals surface area (Å²) in [5, 5.41) is 3.94. The third-order valence-electron chi connectivity index (χ3n) is 7.06. The Labute approximate surface area is 253 Å². The third kappa shape index (κ3) is 8.60. The number of guanidine groups is 1. The molecular weight excluding hydrogens is 573 g/mol. The van der Waals surface area contributed by atoms with Gasteiger partial charge < -0.3 is 32.2 Å². The summed E-state index contributed by atoms with van der Waals surface area (Å²) >= 11 is 0. The normalized spacial score (nSPS) is 13.2. The van der Waals surface area contributed by atoms with E-state index in [1.54, 1.807) is 18.3 Å². The van der Waals surface area contributed by atoms with E-state index in [1.165, 1.54) is 10.6 Å². The molecule has 2 atom stereocenters. The van der Waals surface area contributed by atoms with Crippen LogP contribution in [-0.4, -0.2) is 45.7 Å². The van der Waals surface area contributed by atoms with Crippen molar-refractivity contribution in [2.45, 2.75) is 64.6 Å². The first kappa shape index (κ1) is 32.6. The summed E-state index contributed by atoms with van der Waals surface area (Å²) in [6.07, 6.45) is 0.698. The summed E-state index contributed by atoms with van der Waals surface area (Å²) in [5.74, 6) is -1.44. The molecule has 0 amide bonds. The largest absolute Gasteiger partial charge is 0.430 e. The smallest absolute Gasteiger partial charge is 0.395 e. The molecule has 0 saturated carbocycles. The topological polar surface area (TPSA) is 162 Å². The maximum absolute atomic E-state index is 15.5. The van der Waals surface area contributed by atoms with Gasteiger partial charge in [-0.1, -0.05) is 12.1 Å². The van der Waals surface area contributed by atoms with Gasteiger partial charge in [-0.2, -0.15) is 13.8 Å². The molecule has 0 aliphatic heterocycles. The molecule has 8 N–H and O–H groups in total. The third-order valence-corrected chi connectivity index (χ3v) is 7.06. The number of hydrogen-bond acceptors (Lipinski definition) is 6. The van der Waals surface area contributed by atoms with Gasteiger partial charge in [-0.05, 0) is 87.5 Å². The number of halogens is 3. The molecule has 13 heteroatoms. The lowest BCUT2D eigenvalue weighted by molar-refractivity contribution is -0.160. The Morgan fingerprint density at radius 1 is 1.16 bits per heavy atom. The van der Waals surface area contributed by atoms with Crippen molar-refractivity contribution in [2.24, 2.45) is 22.2 Å². The fraction of sp³-hybridized carbons (Fsp3) is 0.387. The average Bonchev–Trinajstić information content (AvgIpc) is 3.35. The molecule has 4 aromatic rings. The zero-order chi connectivity index (χ0) is 32.0. The lowest BCUT2D eigenvalue weighted by Gasteiger charge is -2.17. The van der Waals surface area contributed by atoms with Crippen molar-refractivity contribution >= 4 is 17.0 Å². The predicted octanol–water partition coefficient (Wildman–Crippen LogP) is 4.50. The van der Waals surface area contributed by atoms with Gasteiger partial charge >= 0.3 is 11.8 Å². The van der Waals surface area contributed by atoms with Crippen molar-refractivity contribution in [1.29, 1.82) is 0 Å². The second-order valence-electron chi connectivity index (χ2n) is 11.0. The van der Waals surface area contributed by atoms with Crippen molar-refractivity contribution < 1.29 is 17.9 Å². The van der Waals surface area contributed by atoms with Crippen LogP contribution in [0.5, 0.6) is 5.75 Å². The first-order valence-corrected chi connectivity index (χ1v) is 14.5. The van der Waals surface area contributed by atoms with Gasteiger partial charge in [-0.15, -0.1) is 0 Å². The van der Waals surface area contributed by atoms with Crippen LogP contribution >= 0.6 is 0 Å². The fourth-order valence-corrected chi connectivity index (χ4v) is 4.86. The number of nitrogens with one attached hydrogen (secondary N) is 2. The summed E-state index contributed by atoms with van der Waals surface area (Å²) in [5.41, 5.74) is 18.8. The number of benzene rings is 2. The van der Waals surface area contributed by atoms with Crippen molar-refractivity contribution in [3.63, 3.8) is 0 Å². The molecule has 4 rings (SSSR count). The number of aromatic nitrogens is 3. The van der Waals surface area contributed by atoms with Gasteiger partial charge in [0.25, 0.3) is 0 Å². The van der Waals surface area contributed by atoms with Crippen molar-refractivity contribution in [3.05, 3.63) is 76.1 Å². The highest BCUT2D eigenvalue weighted by atomic mass is 19.3. The summed E-state index contributed by atoms with van der Waals surface area (Å²) in [6.45, 7) is 5.72. The first-order chi connectivity index (χ1) is 20.8. The molecule has 0 saturated heterocycles. The lowest BCUT2D eigenvalue weighted by atomic mass is 10.0. The minimum atomic E-state index is -3.58. The Bertz CT molecular complexity index is 1660. The van der Waals surface area contributed by atoms with Gasteiger partial charge in [0.15, 0.2) is 17.5 Å². The minimum Gasteiger partial charge on any atom is -0.430 e. The molecule has 236 valence electrons. The van der Waals surface area contributed by atoms with E-state index in [0.717, 1.165) is 18.5 Å². The number of nitrogens with two attached hydrogens (primary N) is 3. The molecule has 0 radical (unpaired) electrons. The van der Waals surface area contributed by atoms with Gasteiger partial charge in [0.05, 0.1) is 11.4 Å². The van der Waals surface area contributed by atoms with Crippen LogP contribution in [0.1, 0.15) is 57.2 Å². The highest BCUT2D eigenvalue weighted by molar-refractivity contribution is 5.83. The van der Waals surface area contributed by atoms with Crippen LogP contribution in [0.25, 0.3) is 28.0 Å². The van der Waals surface area contributed by atoms with Gasteiger partial charge in [-0.3, -0.25) is 9.56 Å². The Morgan fingerprint density at radius 2 is 1.89 bits per heavy atom. The second kappa shape index (κ2) is 14.0. The van der Waals surface area contributed by atoms with E-state index in [0.29, 0.717) is 49.4 Å². The van der Waals surface area contributed by atoms with E-state index < -0.39 is 23.4 Å². The van der Waals surface area contributed by atoms with E-state index in [1.807, 2.05) is 38.1 Å². The number of nitrogens with zero attached hydrogens (tertiary/aromatic N) is 3. The van der Waals surface area contributed by atoms with Gasteiger partial charge in [0, 0.05) is 42.7 Å². The van der Waals surface area contributed by atoms with Crippen molar-refractivity contribution in [1.82, 2.24) is 19.9 Å². The molecule has 0 aliphatic carbocycles. The molecule has 0 fully saturated rings. The van der Waals surface area contributed by atoms with E-state index in [9.17, 15) is 13.6 Å². The van der Waals surface area contributed by atoms with E-state index >= 15 is 4.39 Å². The maximum atomic E-state index is 15.5. The minimum absolute atomic E-state index is 0.0254. The quantitative estimate of drug-likeness (QED) is 0.0796. The highest BCUT2D eigenvalue weighted by Crippen LogP contribution is 2.35. The second-order valence-corrected chi connectivity index (χ2v) is 11.0. The molecule has 0 unspecified atom stereocenters. The van der Waals surface area contributed by atoms with Gasteiger partial charge in [-0.25, -0.2) is 9.18 Å². The number of ether oxygens (including phenoxy) is 1. The van der Waals surface area contributed by atoms with E-state index in [2.05, 4.69) is 25.0 Å². The zero-order valence-electron chi connectivity index (χ0n) is 25.0. The maximum Gasteiger partial charge on any atom is 0.395 e. The Hall–Kier alpha value is -4.36. The summed E-state index contributed by atoms with van der Waals surface area (Å²) in [6, 6.07) is 12.0. The van der Waals surface area contributed by atoms with Crippen LogP contribution in [0.15, 0.2) is 58.4 Å². The molecule has 44 heavy (non-hydrogen) atoms. The number of rotatable bonds is 14. The lowest BCUT2D eigenvalue weighted by Crippen LogP contribution is -2.24. The Morgan fingerprint density at radius 3 is 2.55 bits per heavy atom. The van der Waals surface area contributed by atoms with Crippen LogP contribution in [0.3, 0.4) is 0 Å². The first-order valence-electron chi connectivity index (χ1n) is 14.5. The van der Waals surface area contributed by atoms with Crippen LogP contribution in [0.2, 0.25) is 0 Å². The summed E-state index contributed by atoms with van der Waals surface area (Å²) < 4.78 is 49.0. The van der Waals surface area contributed by atoms with Crippen LogP contribution in [0.4, 0.5) is 13.2 Å². The monoisotopic (exact) mass is 612 g/mol. The standard InChI is InChI=1S/C31H39F3N8O2/c1-18(35)6-4-7-20-14-24(27(32)26(15-20)44-31(3,33)34)25-16-22-17-42(30(43)41-28(22)40-25)23-10-8-21(9-11-23)19(2)38-12-5-13-39-29(36)37/h8-11,14-19,38H,4-7,12-13,35H2,1-3H3,(H4,36,37,39)(H,40,41,43)/t18-,19-/m0/s1. The predicted molar refractivity (Wildman–Crippen MR) is 167 cm³/mol. The average molecular weight is 613 g/mol. The van der Waals surface area contributed by atoms with E-state index in [-0.39, 0.29) is 34.9 Å². The number of H-pyrrole nitrogens is 1. The number of hydrogen-bond donors (Lipinski definition) is 5. The number of aryl methyl sites for hydroxylation is 1. The van der Waals surface area contributed by atoms with Crippen LogP contribution in [-0.2, 0) is 6.42 Å². The highest BCUT2D eigenvalue weighted by Gasteiger charge is 2.27. The van der Waals surface area contributed by atoms with Crippen LogP contribution < -0.4 is 32.9 Å².